The maximum absolute atomic E-state index is 5.71. The second-order valence-corrected chi connectivity index (χ2v) is 4.51. The van der Waals surface area contributed by atoms with E-state index in [1.165, 1.54) is 0 Å². The van der Waals surface area contributed by atoms with Crippen LogP contribution in [-0.4, -0.2) is 19.7 Å². The van der Waals surface area contributed by atoms with Gasteiger partial charge in [-0.15, -0.1) is 0 Å². The predicted molar refractivity (Wildman–Crippen MR) is 67.3 cm³/mol. The summed E-state index contributed by atoms with van der Waals surface area (Å²) in [5.74, 6) is 1.44. The fraction of sp³-hybridized carbons (Fsp3) is 0.500. The Labute approximate surface area is 100 Å². The average molecular weight is 272 g/mol. The van der Waals surface area contributed by atoms with Gasteiger partial charge in [-0.3, -0.25) is 0 Å². The van der Waals surface area contributed by atoms with E-state index in [-0.39, 0.29) is 0 Å². The number of nitrogens with one attached hydrogen (secondary N) is 1. The van der Waals surface area contributed by atoms with Crippen LogP contribution in [0.5, 0.6) is 5.75 Å². The summed E-state index contributed by atoms with van der Waals surface area (Å²) >= 11 is 3.46. The van der Waals surface area contributed by atoms with Gasteiger partial charge in [-0.2, -0.15) is 0 Å². The van der Waals surface area contributed by atoms with Crippen LogP contribution >= 0.6 is 15.9 Å². The minimum Gasteiger partial charge on any atom is -0.492 e. The number of ether oxygens (including phenoxy) is 1. The Bertz CT molecular complexity index is 291. The van der Waals surface area contributed by atoms with Gasteiger partial charge in [0.25, 0.3) is 0 Å². The Morgan fingerprint density at radius 3 is 2.80 bits per heavy atom. The van der Waals surface area contributed by atoms with Crippen molar-refractivity contribution in [3.05, 3.63) is 28.7 Å². The van der Waals surface area contributed by atoms with Gasteiger partial charge in [0.15, 0.2) is 0 Å². The summed E-state index contributed by atoms with van der Waals surface area (Å²) in [5.41, 5.74) is 0. The molecule has 15 heavy (non-hydrogen) atoms. The maximum Gasteiger partial charge on any atom is 0.133 e. The van der Waals surface area contributed by atoms with E-state index >= 15 is 0 Å². The van der Waals surface area contributed by atoms with Crippen molar-refractivity contribution in [1.29, 1.82) is 0 Å². The number of para-hydroxylation sites is 1. The highest BCUT2D eigenvalue weighted by molar-refractivity contribution is 9.10. The van der Waals surface area contributed by atoms with E-state index < -0.39 is 0 Å². The zero-order chi connectivity index (χ0) is 11.1. The summed E-state index contributed by atoms with van der Waals surface area (Å²) in [6.07, 6.45) is 0. The maximum atomic E-state index is 5.71. The number of hydrogen-bond acceptors (Lipinski definition) is 2. The third-order valence-electron chi connectivity index (χ3n) is 2.10. The van der Waals surface area contributed by atoms with Crippen molar-refractivity contribution in [3.63, 3.8) is 0 Å². The van der Waals surface area contributed by atoms with Gasteiger partial charge in [0.05, 0.1) is 11.1 Å². The zero-order valence-corrected chi connectivity index (χ0v) is 10.9. The van der Waals surface area contributed by atoms with Gasteiger partial charge < -0.3 is 10.1 Å². The topological polar surface area (TPSA) is 21.3 Å². The van der Waals surface area contributed by atoms with Crippen LogP contribution in [0.2, 0.25) is 0 Å². The largest absolute Gasteiger partial charge is 0.492 e. The molecule has 84 valence electrons. The lowest BCUT2D eigenvalue weighted by Gasteiger charge is -2.14. The molecule has 0 aromatic heterocycles. The number of rotatable bonds is 6. The van der Waals surface area contributed by atoms with E-state index in [2.05, 4.69) is 35.1 Å². The van der Waals surface area contributed by atoms with E-state index in [0.29, 0.717) is 5.92 Å². The fourth-order valence-electron chi connectivity index (χ4n) is 1.24. The molecule has 1 atom stereocenters. The van der Waals surface area contributed by atoms with Crippen LogP contribution in [0.4, 0.5) is 0 Å². The third kappa shape index (κ3) is 4.67. The second kappa shape index (κ2) is 6.85. The van der Waals surface area contributed by atoms with Crippen LogP contribution in [0.3, 0.4) is 0 Å². The molecule has 2 nitrogen and oxygen atoms in total. The van der Waals surface area contributed by atoms with Crippen molar-refractivity contribution in [2.45, 2.75) is 13.8 Å². The van der Waals surface area contributed by atoms with Crippen molar-refractivity contribution in [2.24, 2.45) is 5.92 Å². The lowest BCUT2D eigenvalue weighted by atomic mass is 10.2. The summed E-state index contributed by atoms with van der Waals surface area (Å²) in [4.78, 5) is 0. The van der Waals surface area contributed by atoms with E-state index in [9.17, 15) is 0 Å². The van der Waals surface area contributed by atoms with Crippen molar-refractivity contribution in [3.8, 4) is 5.75 Å². The summed E-state index contributed by atoms with van der Waals surface area (Å²) < 4.78 is 6.72. The molecule has 0 saturated carbocycles. The summed E-state index contributed by atoms with van der Waals surface area (Å²) in [7, 11) is 0. The molecule has 1 aromatic rings. The molecule has 3 heteroatoms. The summed E-state index contributed by atoms with van der Waals surface area (Å²) in [6, 6.07) is 7.93. The Morgan fingerprint density at radius 1 is 1.40 bits per heavy atom. The molecule has 0 radical (unpaired) electrons. The highest BCUT2D eigenvalue weighted by Crippen LogP contribution is 2.24. The van der Waals surface area contributed by atoms with Crippen LogP contribution < -0.4 is 10.1 Å². The van der Waals surface area contributed by atoms with Gasteiger partial charge in [-0.25, -0.2) is 0 Å². The predicted octanol–water partition coefficient (Wildman–Crippen LogP) is 3.07. The van der Waals surface area contributed by atoms with Crippen LogP contribution in [0.25, 0.3) is 0 Å². The van der Waals surface area contributed by atoms with E-state index in [1.807, 2.05) is 24.3 Å². The molecule has 0 heterocycles. The van der Waals surface area contributed by atoms with Crippen LogP contribution in [0, 0.1) is 5.92 Å². The highest BCUT2D eigenvalue weighted by Gasteiger charge is 2.04. The minimum atomic E-state index is 0.525. The van der Waals surface area contributed by atoms with E-state index in [1.54, 1.807) is 0 Å². The Balaban J connectivity index is 2.33. The van der Waals surface area contributed by atoms with E-state index in [0.717, 1.165) is 29.9 Å². The molecule has 0 aliphatic rings. The standard InChI is InChI=1S/C12H18BrNO/c1-3-14-8-10(2)9-15-12-7-5-4-6-11(12)13/h4-7,10,14H,3,8-9H2,1-2H3. The van der Waals surface area contributed by atoms with Crippen LogP contribution in [-0.2, 0) is 0 Å². The lowest BCUT2D eigenvalue weighted by Crippen LogP contribution is -2.24. The minimum absolute atomic E-state index is 0.525. The molecule has 0 spiro atoms. The molecule has 1 N–H and O–H groups in total. The first kappa shape index (κ1) is 12.5. The van der Waals surface area contributed by atoms with Gasteiger partial charge >= 0.3 is 0 Å². The van der Waals surface area contributed by atoms with Crippen LogP contribution in [0.1, 0.15) is 13.8 Å². The molecule has 1 rings (SSSR count). The smallest absolute Gasteiger partial charge is 0.133 e. The Morgan fingerprint density at radius 2 is 2.13 bits per heavy atom. The summed E-state index contributed by atoms with van der Waals surface area (Å²) in [6.45, 7) is 7.05. The average Bonchev–Trinajstić information content (AvgIpc) is 2.25. The molecule has 0 amide bonds. The molecule has 0 aliphatic carbocycles. The highest BCUT2D eigenvalue weighted by atomic mass is 79.9. The van der Waals surface area contributed by atoms with Crippen molar-refractivity contribution >= 4 is 15.9 Å². The van der Waals surface area contributed by atoms with Gasteiger partial charge in [0.2, 0.25) is 0 Å². The SMILES string of the molecule is CCNCC(C)COc1ccccc1Br. The molecule has 1 unspecified atom stereocenters. The first-order valence-electron chi connectivity index (χ1n) is 5.32. The molecule has 0 fully saturated rings. The quantitative estimate of drug-likeness (QED) is 0.859. The number of benzene rings is 1. The number of halogens is 1. The first-order valence-corrected chi connectivity index (χ1v) is 6.11. The fourth-order valence-corrected chi connectivity index (χ4v) is 1.64. The van der Waals surface area contributed by atoms with Crippen LogP contribution in [0.15, 0.2) is 28.7 Å². The van der Waals surface area contributed by atoms with Gasteiger partial charge in [-0.1, -0.05) is 26.0 Å². The third-order valence-corrected chi connectivity index (χ3v) is 2.76. The Kier molecular flexibility index (Phi) is 5.73. The summed E-state index contributed by atoms with van der Waals surface area (Å²) in [5, 5.41) is 3.31. The Hall–Kier alpha value is -0.540. The van der Waals surface area contributed by atoms with Gasteiger partial charge in [0, 0.05) is 12.5 Å². The second-order valence-electron chi connectivity index (χ2n) is 3.65. The van der Waals surface area contributed by atoms with E-state index in [4.69, 9.17) is 4.74 Å². The van der Waals surface area contributed by atoms with Crippen molar-refractivity contribution in [2.75, 3.05) is 19.7 Å². The molecule has 0 saturated heterocycles. The lowest BCUT2D eigenvalue weighted by molar-refractivity contribution is 0.255. The molecule has 0 aliphatic heterocycles. The molecule has 1 aromatic carbocycles. The molecular formula is C12H18BrNO. The van der Waals surface area contributed by atoms with Gasteiger partial charge in [0.1, 0.15) is 5.75 Å². The molecule has 0 bridgehead atoms. The first-order chi connectivity index (χ1) is 7.24. The van der Waals surface area contributed by atoms with Gasteiger partial charge in [-0.05, 0) is 34.6 Å². The molecular weight excluding hydrogens is 254 g/mol. The van der Waals surface area contributed by atoms with Crippen molar-refractivity contribution < 1.29 is 4.74 Å². The zero-order valence-electron chi connectivity index (χ0n) is 9.29. The monoisotopic (exact) mass is 271 g/mol. The van der Waals surface area contributed by atoms with Crippen molar-refractivity contribution in [1.82, 2.24) is 5.32 Å². The normalized spacial score (nSPS) is 12.5. The number of hydrogen-bond donors (Lipinski definition) is 1.